The third-order valence-corrected chi connectivity index (χ3v) is 21.3. The van der Waals surface area contributed by atoms with Gasteiger partial charge in [0.05, 0.1) is 78.7 Å². The zero-order valence-corrected chi connectivity index (χ0v) is 62.1. The van der Waals surface area contributed by atoms with Crippen LogP contribution < -0.4 is 10.6 Å². The molecule has 682 valence electrons. The molecule has 9 aliphatic rings. The van der Waals surface area contributed by atoms with E-state index >= 15 is 0 Å². The van der Waals surface area contributed by atoms with E-state index in [1.165, 1.54) is 0 Å². The molecule has 9 aliphatic heterocycles. The van der Waals surface area contributed by atoms with Crippen molar-refractivity contribution in [2.45, 2.75) is 314 Å². The molecule has 9 fully saturated rings. The van der Waals surface area contributed by atoms with Crippen LogP contribution in [-0.2, 0) is 94.9 Å². The van der Waals surface area contributed by atoms with Crippen molar-refractivity contribution in [3.63, 3.8) is 0 Å². The summed E-state index contributed by atoms with van der Waals surface area (Å²) in [6.07, 6.45) is -103. The van der Waals surface area contributed by atoms with Gasteiger partial charge in [-0.25, -0.2) is 0 Å². The first-order valence-corrected chi connectivity index (χ1v) is 37.1. The molecule has 0 unspecified atom stereocenters. The molecule has 0 aromatic rings. The molecule has 53 heteroatoms. The summed E-state index contributed by atoms with van der Waals surface area (Å²) in [5.41, 5.74) is 0. The molecule has 0 bridgehead atoms. The number of hydrogen-bond donors (Lipinski definition) is 33. The summed E-state index contributed by atoms with van der Waals surface area (Å²) >= 11 is 0. The first-order chi connectivity index (χ1) is 55.4. The lowest BCUT2D eigenvalue weighted by atomic mass is 9.94. The average Bonchev–Trinajstić information content (AvgIpc) is 0.768. The van der Waals surface area contributed by atoms with Gasteiger partial charge < -0.3 is 254 Å². The lowest BCUT2D eigenvalue weighted by Crippen LogP contribution is -2.69. The highest BCUT2D eigenvalue weighted by Crippen LogP contribution is 2.40. The topological polar surface area (TPSA) is 851 Å². The Labute approximate surface area is 661 Å². The minimum atomic E-state index is -2.58. The molecule has 117 heavy (non-hydrogen) atoms. The lowest BCUT2D eigenvalue weighted by Gasteiger charge is -2.50. The Morgan fingerprint density at radius 2 is 0.581 bits per heavy atom. The van der Waals surface area contributed by atoms with Crippen molar-refractivity contribution in [1.29, 1.82) is 0 Å². The highest BCUT2D eigenvalue weighted by Gasteiger charge is 2.61. The minimum Gasteiger partial charge on any atom is -0.394 e. The van der Waals surface area contributed by atoms with Crippen LogP contribution in [0, 0.1) is 0 Å². The summed E-state index contributed by atoms with van der Waals surface area (Å²) in [5.74, 6) is -1.79. The molecular formula is C64H110N2O51. The second kappa shape index (κ2) is 43.3. The van der Waals surface area contributed by atoms with Crippen molar-refractivity contribution in [2.75, 3.05) is 72.7 Å². The fourth-order valence-electron chi connectivity index (χ4n) is 14.6. The van der Waals surface area contributed by atoms with Crippen molar-refractivity contribution in [3.8, 4) is 0 Å². The molecule has 0 aromatic heterocycles. The van der Waals surface area contributed by atoms with Crippen molar-refractivity contribution >= 4 is 11.8 Å². The van der Waals surface area contributed by atoms with Gasteiger partial charge in [-0.3, -0.25) is 9.59 Å². The number of amides is 2. The van der Waals surface area contributed by atoms with Crippen LogP contribution in [0.1, 0.15) is 13.8 Å². The number of aliphatic hydroxyl groups is 31. The van der Waals surface area contributed by atoms with E-state index < -0.39 is 385 Å². The van der Waals surface area contributed by atoms with Crippen molar-refractivity contribution in [1.82, 2.24) is 10.6 Å². The summed E-state index contributed by atoms with van der Waals surface area (Å²) < 4.78 is 105. The molecule has 0 spiro atoms. The van der Waals surface area contributed by atoms with Gasteiger partial charge in [0.25, 0.3) is 0 Å². The third-order valence-electron chi connectivity index (χ3n) is 21.3. The Balaban J connectivity index is 1.05. The van der Waals surface area contributed by atoms with E-state index in [4.69, 9.17) is 85.3 Å². The van der Waals surface area contributed by atoms with E-state index in [1.807, 2.05) is 0 Å². The fraction of sp³-hybridized carbons (Fsp3) is 0.969. The van der Waals surface area contributed by atoms with Gasteiger partial charge in [-0.2, -0.15) is 0 Å². The summed E-state index contributed by atoms with van der Waals surface area (Å²) in [4.78, 5) is 24.9. The highest BCUT2D eigenvalue weighted by molar-refractivity contribution is 5.73. The molecule has 2 amide bonds. The Bertz CT molecular complexity index is 2990. The van der Waals surface area contributed by atoms with Gasteiger partial charge in [0.15, 0.2) is 56.6 Å². The van der Waals surface area contributed by atoms with Gasteiger partial charge in [-0.05, 0) is 0 Å². The lowest BCUT2D eigenvalue weighted by molar-refractivity contribution is -0.412. The molecule has 0 aliphatic carbocycles. The van der Waals surface area contributed by atoms with Crippen LogP contribution in [-0.4, -0.2) is 543 Å². The highest BCUT2D eigenvalue weighted by atomic mass is 16.8. The molecule has 53 nitrogen and oxygen atoms in total. The van der Waals surface area contributed by atoms with Gasteiger partial charge in [0, 0.05) is 13.8 Å². The SMILES string of the molecule is CC(=O)N[C@H]1[C@H](O[C@@H]([C@H](O)[C@H](CO)NC(C)=O)[C@H](O)CO)O[C@H](CO)[C@@H](O[C@@H]2O[C@H](CO[C@H]3O[C@H](CO[C@H]4O[C@H](CO)[C@@H](O)[C@H](O)[C@@H]4O)[C@@H](O)[C@H](O[C@H]4O[C@H](CO)[C@@H](O)[C@H](O)[C@@H]4O[C@H]4O[C@H](CO)[C@@H](O)[C@H](O)[C@@H]4O[C@H]4O[C@H](CO)[C@@H](O)[C@H](O)[C@@H]4O[C@H]4O[C@H](CO)[C@@H](O)[C@H](O)[C@@H]4O)[C@@H]3O)[C@@H](O)[C@H](O[C@H]3O[C@H](CO)[C@@H](O)[C@H](O)[C@@H]3O)[C@@H]2O)[C@@H]1O. The van der Waals surface area contributed by atoms with Crippen LogP contribution in [0.4, 0.5) is 0 Å². The molecule has 0 radical (unpaired) electrons. The summed E-state index contributed by atoms with van der Waals surface area (Å²) in [7, 11) is 0. The zero-order chi connectivity index (χ0) is 86.4. The summed E-state index contributed by atoms with van der Waals surface area (Å²) in [6, 6.07) is -3.60. The summed E-state index contributed by atoms with van der Waals surface area (Å²) in [6.45, 7) is -10.5. The van der Waals surface area contributed by atoms with Crippen LogP contribution in [0.25, 0.3) is 0 Å². The van der Waals surface area contributed by atoms with E-state index in [0.717, 1.165) is 13.8 Å². The van der Waals surface area contributed by atoms with E-state index in [9.17, 15) is 168 Å². The van der Waals surface area contributed by atoms with Crippen LogP contribution in [0.15, 0.2) is 0 Å². The Morgan fingerprint density at radius 3 is 0.949 bits per heavy atom. The number of carbonyl (C=O) groups is 2. The normalized spacial score (nSPS) is 48.6. The smallest absolute Gasteiger partial charge is 0.217 e. The van der Waals surface area contributed by atoms with Crippen LogP contribution in [0.3, 0.4) is 0 Å². The fourth-order valence-corrected chi connectivity index (χ4v) is 14.6. The number of aliphatic hydroxyl groups excluding tert-OH is 31. The van der Waals surface area contributed by atoms with Gasteiger partial charge in [-0.1, -0.05) is 0 Å². The number of hydrogen-bond acceptors (Lipinski definition) is 51. The number of rotatable bonds is 34. The maximum atomic E-state index is 12.9. The third kappa shape index (κ3) is 21.7. The van der Waals surface area contributed by atoms with Crippen molar-refractivity contribution in [2.24, 2.45) is 0 Å². The molecular weight excluding hydrogens is 1610 g/mol. The number of nitrogens with one attached hydrogen (secondary N) is 2. The molecule has 33 N–H and O–H groups in total. The second-order valence-corrected chi connectivity index (χ2v) is 29.3. The predicted octanol–water partition coefficient (Wildman–Crippen LogP) is -22.9. The van der Waals surface area contributed by atoms with Gasteiger partial charge in [0.1, 0.15) is 238 Å². The van der Waals surface area contributed by atoms with Gasteiger partial charge >= 0.3 is 0 Å². The Morgan fingerprint density at radius 1 is 0.291 bits per heavy atom. The summed E-state index contributed by atoms with van der Waals surface area (Å²) in [5, 5.41) is 346. The minimum absolute atomic E-state index is 0.811. The monoisotopic (exact) mass is 1720 g/mol. The van der Waals surface area contributed by atoms with Crippen LogP contribution in [0.5, 0.6) is 0 Å². The number of carbonyl (C=O) groups excluding carboxylic acids is 2. The molecule has 9 heterocycles. The predicted molar refractivity (Wildman–Crippen MR) is 355 cm³/mol. The number of ether oxygens (including phenoxy) is 18. The van der Waals surface area contributed by atoms with E-state index in [2.05, 4.69) is 10.6 Å². The van der Waals surface area contributed by atoms with Gasteiger partial charge in [-0.15, -0.1) is 0 Å². The van der Waals surface area contributed by atoms with Crippen LogP contribution >= 0.6 is 0 Å². The largest absolute Gasteiger partial charge is 0.394 e. The Hall–Kier alpha value is -3.02. The average molecular weight is 1720 g/mol. The van der Waals surface area contributed by atoms with E-state index in [1.54, 1.807) is 0 Å². The van der Waals surface area contributed by atoms with Crippen LogP contribution in [0.2, 0.25) is 0 Å². The first-order valence-electron chi connectivity index (χ1n) is 37.1. The van der Waals surface area contributed by atoms with Gasteiger partial charge in [0.2, 0.25) is 11.8 Å². The zero-order valence-electron chi connectivity index (χ0n) is 62.1. The van der Waals surface area contributed by atoms with Crippen molar-refractivity contribution < 1.29 is 253 Å². The molecule has 9 saturated heterocycles. The maximum Gasteiger partial charge on any atom is 0.217 e. The molecule has 0 aromatic carbocycles. The second-order valence-electron chi connectivity index (χ2n) is 29.3. The quantitative estimate of drug-likeness (QED) is 0.0284. The molecule has 9 rings (SSSR count). The first kappa shape index (κ1) is 97.8. The Kier molecular flexibility index (Phi) is 36.1. The maximum absolute atomic E-state index is 12.9. The molecule has 0 saturated carbocycles. The standard InChI is InChI=1S/C64H110N2O51/c1-14(76)65-16(3-67)28(79)49(17(78)4-68)111-56-27(66-15(2)77)37(88)50(24(11-75)108-56)112-61-48(99)52(113-59-45(96)39(90)30(81)19(6-70)103-59)36(87)26(110-61)13-101-58-47(98)51(35(86)25(109-58)12-100-57-44(95)38(89)29(80)18(5-69)102-57)114-62-54(42(93)33(84)21(8-72)105-62)116-64-55(43(94)34(85)23(10-74)107-64)117-63-53(41(92)32(83)22(9-73)106-63)115-60-46(97)40(91)31(82)20(7-71)104-60/h16-64,67-75,78-99H,3-13H2,1-2H3,(H,65,76)(H,66,77)/t16-,17+,18+,19+,20+,21+,22+,23+,24+,25+,26+,27+,28+,29+,30+,31+,32+,33+,34+,35+,36+,37+,38-,39-,40-,41-,42-,43-,44-,45-,46-,47-,48-,49+,50+,51-,52-,53-,54-,55-,56-,57-,58-,59+,60+,61-,62+,63+,64+/m0/s1. The molecule has 49 atom stereocenters. The van der Waals surface area contributed by atoms with E-state index in [0.29, 0.717) is 0 Å². The van der Waals surface area contributed by atoms with Crippen molar-refractivity contribution in [3.05, 3.63) is 0 Å². The van der Waals surface area contributed by atoms with E-state index in [-0.39, 0.29) is 0 Å².